The summed E-state index contributed by atoms with van der Waals surface area (Å²) in [5.74, 6) is 0.0316. The Bertz CT molecular complexity index is 697. The van der Waals surface area contributed by atoms with Crippen molar-refractivity contribution < 1.29 is 19.2 Å². The lowest BCUT2D eigenvalue weighted by molar-refractivity contribution is -0.384. The van der Waals surface area contributed by atoms with Crippen LogP contribution in [0.2, 0.25) is 0 Å². The summed E-state index contributed by atoms with van der Waals surface area (Å²) >= 11 is 0. The summed E-state index contributed by atoms with van der Waals surface area (Å²) in [5, 5.41) is 25.8. The van der Waals surface area contributed by atoms with Gasteiger partial charge in [-0.15, -0.1) is 0 Å². The van der Waals surface area contributed by atoms with Gasteiger partial charge in [-0.25, -0.2) is 4.39 Å². The van der Waals surface area contributed by atoms with Crippen LogP contribution in [0.3, 0.4) is 0 Å². The summed E-state index contributed by atoms with van der Waals surface area (Å²) in [4.78, 5) is 10.4. The predicted molar refractivity (Wildman–Crippen MR) is 89.1 cm³/mol. The molecule has 8 heteroatoms. The van der Waals surface area contributed by atoms with E-state index in [1.807, 2.05) is 0 Å². The van der Waals surface area contributed by atoms with Gasteiger partial charge in [-0.3, -0.25) is 10.1 Å². The smallest absolute Gasteiger partial charge is 0.271 e. The van der Waals surface area contributed by atoms with E-state index in [0.717, 1.165) is 0 Å². The molecule has 0 spiro atoms. The van der Waals surface area contributed by atoms with Gasteiger partial charge in [0.2, 0.25) is 0 Å². The molecule has 0 aliphatic carbocycles. The third kappa shape index (κ3) is 5.10. The predicted octanol–water partition coefficient (Wildman–Crippen LogP) is 2.63. The average molecular weight is 335 g/mol. The monoisotopic (exact) mass is 335 g/mol. The first-order chi connectivity index (χ1) is 11.6. The van der Waals surface area contributed by atoms with E-state index in [4.69, 9.17) is 9.84 Å². The lowest BCUT2D eigenvalue weighted by Crippen LogP contribution is -2.14. The maximum atomic E-state index is 13.0. The van der Waals surface area contributed by atoms with Gasteiger partial charge in [0.15, 0.2) is 0 Å². The number of nitro benzene ring substituents is 1. The summed E-state index contributed by atoms with van der Waals surface area (Å²) in [6, 6.07) is 10.2. The first-order valence-corrected chi connectivity index (χ1v) is 7.35. The van der Waals surface area contributed by atoms with Crippen LogP contribution in [0.1, 0.15) is 0 Å². The molecular weight excluding hydrogens is 317 g/mol. The van der Waals surface area contributed by atoms with Crippen molar-refractivity contribution in [2.45, 2.75) is 0 Å². The summed E-state index contributed by atoms with van der Waals surface area (Å²) in [6.07, 6.45) is 0. The van der Waals surface area contributed by atoms with Gasteiger partial charge in [0.25, 0.3) is 5.69 Å². The van der Waals surface area contributed by atoms with Gasteiger partial charge < -0.3 is 20.5 Å². The first kappa shape index (κ1) is 17.5. The zero-order valence-electron chi connectivity index (χ0n) is 12.9. The largest absolute Gasteiger partial charge is 0.492 e. The Balaban J connectivity index is 1.96. The molecule has 24 heavy (non-hydrogen) atoms. The van der Waals surface area contributed by atoms with Crippen LogP contribution in [-0.4, -0.2) is 36.3 Å². The van der Waals surface area contributed by atoms with Crippen molar-refractivity contribution >= 4 is 17.1 Å². The zero-order chi connectivity index (χ0) is 17.4. The number of non-ortho nitro benzene ring substituents is 1. The van der Waals surface area contributed by atoms with Crippen molar-refractivity contribution in [3.05, 3.63) is 58.4 Å². The SMILES string of the molecule is O=[N+]([O-])c1ccc(NCCO)c(NCCOc2cccc(F)c2)c1. The minimum absolute atomic E-state index is 0.0434. The van der Waals surface area contributed by atoms with E-state index in [2.05, 4.69) is 10.6 Å². The number of halogens is 1. The van der Waals surface area contributed by atoms with E-state index in [0.29, 0.717) is 30.2 Å². The molecule has 0 amide bonds. The third-order valence-electron chi connectivity index (χ3n) is 3.12. The summed E-state index contributed by atoms with van der Waals surface area (Å²) < 4.78 is 18.5. The number of anilines is 2. The molecule has 0 aliphatic heterocycles. The molecule has 0 atom stereocenters. The number of aliphatic hydroxyl groups excluding tert-OH is 1. The summed E-state index contributed by atoms with van der Waals surface area (Å²) in [7, 11) is 0. The van der Waals surface area contributed by atoms with Crippen molar-refractivity contribution in [3.8, 4) is 5.75 Å². The molecular formula is C16H18FN3O4. The molecule has 2 aromatic carbocycles. The van der Waals surface area contributed by atoms with Crippen molar-refractivity contribution in [1.82, 2.24) is 0 Å². The van der Waals surface area contributed by atoms with Gasteiger partial charge in [0.05, 0.1) is 22.9 Å². The van der Waals surface area contributed by atoms with Crippen molar-refractivity contribution in [1.29, 1.82) is 0 Å². The highest BCUT2D eigenvalue weighted by atomic mass is 19.1. The van der Waals surface area contributed by atoms with Crippen molar-refractivity contribution in [2.24, 2.45) is 0 Å². The van der Waals surface area contributed by atoms with E-state index >= 15 is 0 Å². The van der Waals surface area contributed by atoms with Gasteiger partial charge in [0.1, 0.15) is 18.2 Å². The van der Waals surface area contributed by atoms with Crippen LogP contribution in [0.25, 0.3) is 0 Å². The van der Waals surface area contributed by atoms with Crippen LogP contribution in [0.5, 0.6) is 5.75 Å². The average Bonchev–Trinajstić information content (AvgIpc) is 2.57. The van der Waals surface area contributed by atoms with Gasteiger partial charge in [-0.05, 0) is 18.2 Å². The maximum absolute atomic E-state index is 13.0. The highest BCUT2D eigenvalue weighted by Crippen LogP contribution is 2.26. The van der Waals surface area contributed by atoms with E-state index < -0.39 is 4.92 Å². The highest BCUT2D eigenvalue weighted by molar-refractivity contribution is 5.71. The second kappa shape index (κ2) is 8.68. The first-order valence-electron chi connectivity index (χ1n) is 7.35. The van der Waals surface area contributed by atoms with Crippen LogP contribution in [0.15, 0.2) is 42.5 Å². The maximum Gasteiger partial charge on any atom is 0.271 e. The molecule has 0 aliphatic rings. The number of rotatable bonds is 9. The normalized spacial score (nSPS) is 10.2. The molecule has 0 saturated heterocycles. The van der Waals surface area contributed by atoms with Crippen LogP contribution < -0.4 is 15.4 Å². The van der Waals surface area contributed by atoms with Crippen molar-refractivity contribution in [3.63, 3.8) is 0 Å². The molecule has 0 radical (unpaired) electrons. The lowest BCUT2D eigenvalue weighted by Gasteiger charge is -2.14. The van der Waals surface area contributed by atoms with E-state index in [1.165, 1.54) is 24.3 Å². The minimum Gasteiger partial charge on any atom is -0.492 e. The van der Waals surface area contributed by atoms with E-state index in [9.17, 15) is 14.5 Å². The van der Waals surface area contributed by atoms with Crippen LogP contribution in [0, 0.1) is 15.9 Å². The number of aliphatic hydroxyl groups is 1. The number of nitro groups is 1. The highest BCUT2D eigenvalue weighted by Gasteiger charge is 2.10. The minimum atomic E-state index is -0.482. The zero-order valence-corrected chi connectivity index (χ0v) is 12.9. The molecule has 0 saturated carbocycles. The number of nitrogens with one attached hydrogen (secondary N) is 2. The number of ether oxygens (including phenoxy) is 1. The Kier molecular flexibility index (Phi) is 6.32. The Morgan fingerprint density at radius 3 is 2.62 bits per heavy atom. The van der Waals surface area contributed by atoms with Crippen LogP contribution in [-0.2, 0) is 0 Å². The Morgan fingerprint density at radius 1 is 1.12 bits per heavy atom. The van der Waals surface area contributed by atoms with Gasteiger partial charge in [-0.2, -0.15) is 0 Å². The molecule has 2 rings (SSSR count). The molecule has 0 unspecified atom stereocenters. The van der Waals surface area contributed by atoms with Crippen molar-refractivity contribution in [2.75, 3.05) is 36.9 Å². The summed E-state index contributed by atoms with van der Waals surface area (Å²) in [5.41, 5.74) is 1.12. The lowest BCUT2D eigenvalue weighted by atomic mass is 10.2. The van der Waals surface area contributed by atoms with E-state index in [1.54, 1.807) is 18.2 Å². The summed E-state index contributed by atoms with van der Waals surface area (Å²) in [6.45, 7) is 0.891. The Labute approximate surface area is 138 Å². The molecule has 0 aromatic heterocycles. The standard InChI is InChI=1S/C16H18FN3O4/c17-12-2-1-3-14(10-12)24-9-7-19-16-11-13(20(22)23)4-5-15(16)18-6-8-21/h1-5,10-11,18-19,21H,6-9H2. The molecule has 128 valence electrons. The number of hydrogen-bond acceptors (Lipinski definition) is 6. The Hall–Kier alpha value is -2.87. The second-order valence-corrected chi connectivity index (χ2v) is 4.87. The number of benzene rings is 2. The fourth-order valence-corrected chi connectivity index (χ4v) is 2.05. The van der Waals surface area contributed by atoms with Gasteiger partial charge >= 0.3 is 0 Å². The fourth-order valence-electron chi connectivity index (χ4n) is 2.05. The molecule has 2 aromatic rings. The quantitative estimate of drug-likeness (QED) is 0.370. The van der Waals surface area contributed by atoms with E-state index in [-0.39, 0.29) is 24.7 Å². The molecule has 3 N–H and O–H groups in total. The van der Waals surface area contributed by atoms with Crippen LogP contribution in [0.4, 0.5) is 21.5 Å². The van der Waals surface area contributed by atoms with Crippen LogP contribution >= 0.6 is 0 Å². The molecule has 0 heterocycles. The molecule has 0 bridgehead atoms. The molecule has 7 nitrogen and oxygen atoms in total. The topological polar surface area (TPSA) is 96.7 Å². The number of nitrogens with zero attached hydrogens (tertiary/aromatic N) is 1. The third-order valence-corrected chi connectivity index (χ3v) is 3.12. The Morgan fingerprint density at radius 2 is 1.92 bits per heavy atom. The second-order valence-electron chi connectivity index (χ2n) is 4.87. The number of hydrogen-bond donors (Lipinski definition) is 3. The van der Waals surface area contributed by atoms with Gasteiger partial charge in [-0.1, -0.05) is 6.07 Å². The molecule has 0 fully saturated rings. The van der Waals surface area contributed by atoms with Gasteiger partial charge in [0, 0.05) is 31.3 Å². The fraction of sp³-hybridized carbons (Fsp3) is 0.250.